The zero-order valence-electron chi connectivity index (χ0n) is 8.33. The van der Waals surface area contributed by atoms with E-state index in [1.54, 1.807) is 0 Å². The number of nitrogens with zero attached hydrogens (tertiary/aromatic N) is 1. The van der Waals surface area contributed by atoms with Gasteiger partial charge in [-0.1, -0.05) is 12.1 Å². The van der Waals surface area contributed by atoms with Crippen LogP contribution in [-0.4, -0.2) is 19.3 Å². The summed E-state index contributed by atoms with van der Waals surface area (Å²) in [5, 5.41) is 0. The van der Waals surface area contributed by atoms with Crippen LogP contribution in [0.15, 0.2) is 24.3 Å². The van der Waals surface area contributed by atoms with Gasteiger partial charge < -0.3 is 4.90 Å². The van der Waals surface area contributed by atoms with Crippen LogP contribution in [0.3, 0.4) is 0 Å². The SMILES string of the molecule is Cc1cccc(N(C)CCCS)c1. The molecule has 0 amide bonds. The Labute approximate surface area is 86.2 Å². The van der Waals surface area contributed by atoms with Gasteiger partial charge in [-0.15, -0.1) is 0 Å². The molecule has 0 spiro atoms. The molecule has 0 radical (unpaired) electrons. The van der Waals surface area contributed by atoms with Gasteiger partial charge >= 0.3 is 0 Å². The Balaban J connectivity index is 2.60. The summed E-state index contributed by atoms with van der Waals surface area (Å²) in [6, 6.07) is 8.57. The second-order valence-electron chi connectivity index (χ2n) is 3.34. The molecule has 0 fully saturated rings. The quantitative estimate of drug-likeness (QED) is 0.723. The van der Waals surface area contributed by atoms with Gasteiger partial charge in [0, 0.05) is 19.3 Å². The zero-order valence-corrected chi connectivity index (χ0v) is 9.22. The fraction of sp³-hybridized carbons (Fsp3) is 0.455. The van der Waals surface area contributed by atoms with Crippen LogP contribution in [0.25, 0.3) is 0 Å². The van der Waals surface area contributed by atoms with E-state index >= 15 is 0 Å². The lowest BCUT2D eigenvalue weighted by molar-refractivity contribution is 0.860. The highest BCUT2D eigenvalue weighted by Crippen LogP contribution is 2.14. The third kappa shape index (κ3) is 3.31. The summed E-state index contributed by atoms with van der Waals surface area (Å²) in [6.45, 7) is 3.20. The number of thiol groups is 1. The molecule has 1 aromatic carbocycles. The van der Waals surface area contributed by atoms with Crippen LogP contribution in [0.4, 0.5) is 5.69 Å². The monoisotopic (exact) mass is 195 g/mol. The van der Waals surface area contributed by atoms with Crippen molar-refractivity contribution < 1.29 is 0 Å². The van der Waals surface area contributed by atoms with Crippen LogP contribution >= 0.6 is 12.6 Å². The molecule has 0 saturated carbocycles. The molecule has 13 heavy (non-hydrogen) atoms. The second-order valence-corrected chi connectivity index (χ2v) is 3.78. The van der Waals surface area contributed by atoms with Gasteiger partial charge in [0.15, 0.2) is 0 Å². The normalized spacial score (nSPS) is 10.1. The van der Waals surface area contributed by atoms with Gasteiger partial charge in [0.2, 0.25) is 0 Å². The maximum atomic E-state index is 4.20. The van der Waals surface area contributed by atoms with Crippen LogP contribution in [0, 0.1) is 6.92 Å². The van der Waals surface area contributed by atoms with Gasteiger partial charge in [0.25, 0.3) is 0 Å². The molecular formula is C11H17NS. The summed E-state index contributed by atoms with van der Waals surface area (Å²) in [5.41, 5.74) is 2.61. The molecule has 0 aliphatic rings. The van der Waals surface area contributed by atoms with Crippen LogP contribution in [0.5, 0.6) is 0 Å². The molecule has 0 N–H and O–H groups in total. The molecule has 0 heterocycles. The summed E-state index contributed by atoms with van der Waals surface area (Å²) < 4.78 is 0. The standard InChI is InChI=1S/C11H17NS/c1-10-5-3-6-11(9-10)12(2)7-4-8-13/h3,5-6,9,13H,4,7-8H2,1-2H3. The Kier molecular flexibility index (Phi) is 4.16. The van der Waals surface area contributed by atoms with Crippen LogP contribution < -0.4 is 4.90 Å². The average molecular weight is 195 g/mol. The molecule has 0 bridgehead atoms. The first-order valence-corrected chi connectivity index (χ1v) is 5.26. The first-order valence-electron chi connectivity index (χ1n) is 4.62. The van der Waals surface area contributed by atoms with Crippen LogP contribution in [0.2, 0.25) is 0 Å². The van der Waals surface area contributed by atoms with Crippen molar-refractivity contribution in [3.63, 3.8) is 0 Å². The molecule has 0 atom stereocenters. The van der Waals surface area contributed by atoms with E-state index in [0.717, 1.165) is 18.7 Å². The van der Waals surface area contributed by atoms with Crippen molar-refractivity contribution in [1.29, 1.82) is 0 Å². The lowest BCUT2D eigenvalue weighted by atomic mass is 10.2. The lowest BCUT2D eigenvalue weighted by Crippen LogP contribution is -2.18. The fourth-order valence-electron chi connectivity index (χ4n) is 1.30. The van der Waals surface area contributed by atoms with Crippen LogP contribution in [0.1, 0.15) is 12.0 Å². The minimum Gasteiger partial charge on any atom is -0.375 e. The molecule has 0 aliphatic heterocycles. The van der Waals surface area contributed by atoms with Crippen molar-refractivity contribution in [2.45, 2.75) is 13.3 Å². The van der Waals surface area contributed by atoms with E-state index in [4.69, 9.17) is 0 Å². The third-order valence-corrected chi connectivity index (χ3v) is 2.41. The van der Waals surface area contributed by atoms with Crippen LogP contribution in [-0.2, 0) is 0 Å². The lowest BCUT2D eigenvalue weighted by Gasteiger charge is -2.19. The highest BCUT2D eigenvalue weighted by atomic mass is 32.1. The fourth-order valence-corrected chi connectivity index (χ4v) is 1.44. The van der Waals surface area contributed by atoms with E-state index in [2.05, 4.69) is 55.8 Å². The van der Waals surface area contributed by atoms with Crippen molar-refractivity contribution in [3.8, 4) is 0 Å². The maximum absolute atomic E-state index is 4.20. The number of anilines is 1. The highest BCUT2D eigenvalue weighted by molar-refractivity contribution is 7.80. The number of aryl methyl sites for hydroxylation is 1. The smallest absolute Gasteiger partial charge is 0.0366 e. The number of rotatable bonds is 4. The Morgan fingerprint density at radius 2 is 2.15 bits per heavy atom. The van der Waals surface area contributed by atoms with Gasteiger partial charge in [0.1, 0.15) is 0 Å². The summed E-state index contributed by atoms with van der Waals surface area (Å²) in [6.07, 6.45) is 1.13. The summed E-state index contributed by atoms with van der Waals surface area (Å²) in [4.78, 5) is 2.27. The second kappa shape index (κ2) is 5.18. The molecule has 2 heteroatoms. The highest BCUT2D eigenvalue weighted by Gasteiger charge is 1.98. The molecule has 1 rings (SSSR count). The van der Waals surface area contributed by atoms with Crippen molar-refractivity contribution >= 4 is 18.3 Å². The molecule has 72 valence electrons. The number of benzene rings is 1. The third-order valence-electron chi connectivity index (χ3n) is 2.09. The van der Waals surface area contributed by atoms with E-state index < -0.39 is 0 Å². The topological polar surface area (TPSA) is 3.24 Å². The van der Waals surface area contributed by atoms with Crippen molar-refractivity contribution in [2.75, 3.05) is 24.2 Å². The molecule has 1 nitrogen and oxygen atoms in total. The largest absolute Gasteiger partial charge is 0.375 e. The average Bonchev–Trinajstić information content (AvgIpc) is 2.14. The number of hydrogen-bond donors (Lipinski definition) is 1. The zero-order chi connectivity index (χ0) is 9.68. The Morgan fingerprint density at radius 3 is 2.77 bits per heavy atom. The minimum atomic E-state index is 0.955. The molecule has 0 aliphatic carbocycles. The molecule has 1 aromatic rings. The van der Waals surface area contributed by atoms with Gasteiger partial charge in [-0.3, -0.25) is 0 Å². The summed E-state index contributed by atoms with van der Waals surface area (Å²) >= 11 is 4.20. The Bertz CT molecular complexity index is 260. The van der Waals surface area contributed by atoms with E-state index in [0.29, 0.717) is 0 Å². The van der Waals surface area contributed by atoms with Crippen molar-refractivity contribution in [2.24, 2.45) is 0 Å². The van der Waals surface area contributed by atoms with E-state index in [1.807, 2.05) is 0 Å². The van der Waals surface area contributed by atoms with Crippen molar-refractivity contribution in [3.05, 3.63) is 29.8 Å². The van der Waals surface area contributed by atoms with E-state index in [1.165, 1.54) is 11.3 Å². The first-order chi connectivity index (χ1) is 6.24. The molecule has 0 saturated heterocycles. The van der Waals surface area contributed by atoms with Crippen molar-refractivity contribution in [1.82, 2.24) is 0 Å². The van der Waals surface area contributed by atoms with E-state index in [9.17, 15) is 0 Å². The van der Waals surface area contributed by atoms with Gasteiger partial charge in [-0.05, 0) is 36.8 Å². The predicted molar refractivity (Wildman–Crippen MR) is 62.9 cm³/mol. The molecule has 0 unspecified atom stereocenters. The summed E-state index contributed by atoms with van der Waals surface area (Å²) in [5.74, 6) is 0.955. The van der Waals surface area contributed by atoms with Gasteiger partial charge in [-0.2, -0.15) is 12.6 Å². The Hall–Kier alpha value is -0.630. The van der Waals surface area contributed by atoms with Gasteiger partial charge in [-0.25, -0.2) is 0 Å². The van der Waals surface area contributed by atoms with Gasteiger partial charge in [0.05, 0.1) is 0 Å². The maximum Gasteiger partial charge on any atom is 0.0366 e. The molecule has 0 aromatic heterocycles. The minimum absolute atomic E-state index is 0.955. The number of hydrogen-bond acceptors (Lipinski definition) is 2. The summed E-state index contributed by atoms with van der Waals surface area (Å²) in [7, 11) is 2.12. The van der Waals surface area contributed by atoms with E-state index in [-0.39, 0.29) is 0 Å². The first kappa shape index (κ1) is 10.5. The molecular weight excluding hydrogens is 178 g/mol. The Morgan fingerprint density at radius 1 is 1.38 bits per heavy atom. The predicted octanol–water partition coefficient (Wildman–Crippen LogP) is 2.75.